The maximum absolute atomic E-state index is 14.0. The molecule has 0 spiro atoms. The van der Waals surface area contributed by atoms with Crippen molar-refractivity contribution in [3.05, 3.63) is 71.4 Å². The Labute approximate surface area is 246 Å². The summed E-state index contributed by atoms with van der Waals surface area (Å²) in [7, 11) is 6.00. The number of methoxy groups -OCH3 is 4. The summed E-state index contributed by atoms with van der Waals surface area (Å²) in [6, 6.07) is 5.97. The second kappa shape index (κ2) is 12.7. The molecule has 1 atom stereocenters. The first-order chi connectivity index (χ1) is 19.7. The van der Waals surface area contributed by atoms with Gasteiger partial charge < -0.3 is 28.4 Å². The lowest BCUT2D eigenvalue weighted by Gasteiger charge is -2.26. The summed E-state index contributed by atoms with van der Waals surface area (Å²) in [4.78, 5) is 32.3. The van der Waals surface area contributed by atoms with E-state index < -0.39 is 12.0 Å². The van der Waals surface area contributed by atoms with E-state index in [9.17, 15) is 9.59 Å². The van der Waals surface area contributed by atoms with E-state index in [1.54, 1.807) is 44.2 Å². The fourth-order valence-corrected chi connectivity index (χ4v) is 5.99. The number of hydrogen-bond donors (Lipinski definition) is 0. The van der Waals surface area contributed by atoms with E-state index in [0.717, 1.165) is 0 Å². The van der Waals surface area contributed by atoms with Crippen LogP contribution in [0.2, 0.25) is 5.02 Å². The number of hydrogen-bond acceptors (Lipinski definition) is 10. The van der Waals surface area contributed by atoms with E-state index >= 15 is 0 Å². The van der Waals surface area contributed by atoms with Crippen molar-refractivity contribution in [3.63, 3.8) is 0 Å². The standard InChI is InChI=1S/C29H31ClN2O8S/c1-8-39-21-11-16(10-18(30)25(21)37-6)12-22-27(33)32-24(17-13-19(35-4)26(38-7)20(14-17)36-5)23(28(34)40-9-2)15(3)31-29(32)41-22/h10-14,24H,8-9H2,1-7H3/b22-12-/t24-/m0/s1. The number of halogens is 1. The third kappa shape index (κ3) is 5.64. The zero-order valence-electron chi connectivity index (χ0n) is 23.8. The molecule has 0 amide bonds. The average molecular weight is 603 g/mol. The molecule has 4 rings (SSSR count). The normalized spacial score (nSPS) is 14.7. The molecule has 41 heavy (non-hydrogen) atoms. The molecule has 218 valence electrons. The first-order valence-electron chi connectivity index (χ1n) is 12.7. The molecule has 3 aromatic rings. The number of carbonyl (C=O) groups is 1. The number of allylic oxidation sites excluding steroid dienone is 1. The van der Waals surface area contributed by atoms with Crippen LogP contribution in [-0.4, -0.2) is 52.2 Å². The minimum absolute atomic E-state index is 0.155. The molecule has 10 nitrogen and oxygen atoms in total. The van der Waals surface area contributed by atoms with Crippen molar-refractivity contribution < 1.29 is 33.2 Å². The molecule has 0 fully saturated rings. The SMILES string of the molecule is CCOC(=O)C1=C(C)N=c2s/c(=C\c3cc(Cl)c(OC)c(OCC)c3)c(=O)n2[C@H]1c1cc(OC)c(OC)c(OC)c1. The second-order valence-electron chi connectivity index (χ2n) is 8.73. The minimum atomic E-state index is -0.875. The molecule has 1 aliphatic rings. The predicted molar refractivity (Wildman–Crippen MR) is 156 cm³/mol. The Morgan fingerprint density at radius 2 is 1.63 bits per heavy atom. The number of benzene rings is 2. The van der Waals surface area contributed by atoms with Gasteiger partial charge in [0, 0.05) is 0 Å². The number of rotatable bonds is 10. The molecule has 0 radical (unpaired) electrons. The maximum atomic E-state index is 14.0. The molecule has 2 heterocycles. The Balaban J connectivity index is 2.00. The van der Waals surface area contributed by atoms with Crippen LogP contribution in [0.3, 0.4) is 0 Å². The summed E-state index contributed by atoms with van der Waals surface area (Å²) in [6.45, 7) is 5.84. The van der Waals surface area contributed by atoms with Crippen molar-refractivity contribution in [1.82, 2.24) is 4.57 Å². The van der Waals surface area contributed by atoms with Gasteiger partial charge in [0.15, 0.2) is 27.8 Å². The zero-order chi connectivity index (χ0) is 29.8. The highest BCUT2D eigenvalue weighted by atomic mass is 35.5. The maximum Gasteiger partial charge on any atom is 0.338 e. The van der Waals surface area contributed by atoms with E-state index in [1.165, 1.54) is 44.3 Å². The van der Waals surface area contributed by atoms with E-state index in [0.29, 0.717) is 66.5 Å². The topological polar surface area (TPSA) is 107 Å². The smallest absolute Gasteiger partial charge is 0.338 e. The molecule has 1 aromatic heterocycles. The van der Waals surface area contributed by atoms with Gasteiger partial charge >= 0.3 is 5.97 Å². The fourth-order valence-electron chi connectivity index (χ4n) is 4.65. The Hall–Kier alpha value is -3.96. The van der Waals surface area contributed by atoms with E-state index in [4.69, 9.17) is 40.0 Å². The lowest BCUT2D eigenvalue weighted by Crippen LogP contribution is -2.40. The van der Waals surface area contributed by atoms with Crippen LogP contribution in [0.15, 0.2) is 45.3 Å². The Morgan fingerprint density at radius 3 is 2.20 bits per heavy atom. The van der Waals surface area contributed by atoms with Gasteiger partial charge in [0.2, 0.25) is 5.75 Å². The van der Waals surface area contributed by atoms with Crippen molar-refractivity contribution >= 4 is 35.0 Å². The quantitative estimate of drug-likeness (QED) is 0.322. The van der Waals surface area contributed by atoms with Gasteiger partial charge in [-0.1, -0.05) is 22.9 Å². The third-order valence-electron chi connectivity index (χ3n) is 6.35. The van der Waals surface area contributed by atoms with Gasteiger partial charge in [-0.2, -0.15) is 0 Å². The lowest BCUT2D eigenvalue weighted by molar-refractivity contribution is -0.139. The van der Waals surface area contributed by atoms with Crippen molar-refractivity contribution in [1.29, 1.82) is 0 Å². The van der Waals surface area contributed by atoms with E-state index in [-0.39, 0.29) is 17.7 Å². The summed E-state index contributed by atoms with van der Waals surface area (Å²) in [5.41, 5.74) is 1.49. The largest absolute Gasteiger partial charge is 0.493 e. The van der Waals surface area contributed by atoms with Crippen LogP contribution >= 0.6 is 22.9 Å². The summed E-state index contributed by atoms with van der Waals surface area (Å²) >= 11 is 7.64. The van der Waals surface area contributed by atoms with Gasteiger partial charge in [-0.3, -0.25) is 9.36 Å². The molecule has 0 unspecified atom stereocenters. The van der Waals surface area contributed by atoms with Crippen molar-refractivity contribution in [2.24, 2.45) is 4.99 Å². The van der Waals surface area contributed by atoms with Crippen LogP contribution in [-0.2, 0) is 9.53 Å². The Morgan fingerprint density at radius 1 is 0.976 bits per heavy atom. The third-order valence-corrected chi connectivity index (χ3v) is 7.62. The number of ether oxygens (including phenoxy) is 6. The molecule has 12 heteroatoms. The van der Waals surface area contributed by atoms with Crippen LogP contribution in [0.4, 0.5) is 0 Å². The number of nitrogens with zero attached hydrogens (tertiary/aromatic N) is 2. The Kier molecular flexibility index (Phi) is 9.29. The highest BCUT2D eigenvalue weighted by Crippen LogP contribution is 2.42. The highest BCUT2D eigenvalue weighted by Gasteiger charge is 2.34. The predicted octanol–water partition coefficient (Wildman–Crippen LogP) is 3.88. The van der Waals surface area contributed by atoms with Gasteiger partial charge in [-0.25, -0.2) is 9.79 Å². The molecule has 0 bridgehead atoms. The second-order valence-corrected chi connectivity index (χ2v) is 10.1. The van der Waals surface area contributed by atoms with Gasteiger partial charge in [0.25, 0.3) is 5.56 Å². The molecular formula is C29H31ClN2O8S. The summed E-state index contributed by atoms with van der Waals surface area (Å²) in [6.07, 6.45) is 1.70. The lowest BCUT2D eigenvalue weighted by atomic mass is 9.95. The fraction of sp³-hybridized carbons (Fsp3) is 0.345. The molecule has 0 N–H and O–H groups in total. The summed E-state index contributed by atoms with van der Waals surface area (Å²) < 4.78 is 34.9. The average Bonchev–Trinajstić information content (AvgIpc) is 3.25. The van der Waals surface area contributed by atoms with E-state index in [1.807, 2.05) is 6.92 Å². The summed E-state index contributed by atoms with van der Waals surface area (Å²) in [5, 5.41) is 0.341. The molecule has 0 saturated carbocycles. The van der Waals surface area contributed by atoms with Crippen molar-refractivity contribution in [2.75, 3.05) is 41.7 Å². The first-order valence-corrected chi connectivity index (χ1v) is 13.9. The molecule has 0 aliphatic carbocycles. The number of aromatic nitrogens is 1. The van der Waals surface area contributed by atoms with Crippen LogP contribution < -0.4 is 38.6 Å². The summed E-state index contributed by atoms with van der Waals surface area (Å²) in [5.74, 6) is 1.41. The van der Waals surface area contributed by atoms with Crippen molar-refractivity contribution in [3.8, 4) is 28.7 Å². The van der Waals surface area contributed by atoms with Crippen molar-refractivity contribution in [2.45, 2.75) is 26.8 Å². The van der Waals surface area contributed by atoms with Crippen LogP contribution in [0.1, 0.15) is 37.9 Å². The number of carbonyl (C=O) groups excluding carboxylic acids is 1. The molecule has 1 aliphatic heterocycles. The Bertz CT molecular complexity index is 1670. The number of esters is 1. The van der Waals surface area contributed by atoms with Gasteiger partial charge in [0.05, 0.1) is 68.5 Å². The zero-order valence-corrected chi connectivity index (χ0v) is 25.4. The van der Waals surface area contributed by atoms with Gasteiger partial charge in [-0.05, 0) is 62.2 Å². The van der Waals surface area contributed by atoms with Crippen LogP contribution in [0.5, 0.6) is 28.7 Å². The van der Waals surface area contributed by atoms with E-state index in [2.05, 4.69) is 4.99 Å². The first kappa shape index (κ1) is 30.0. The monoisotopic (exact) mass is 602 g/mol. The number of thiazole rings is 1. The van der Waals surface area contributed by atoms with Crippen LogP contribution in [0.25, 0.3) is 6.08 Å². The number of fused-ring (bicyclic) bond motifs is 1. The van der Waals surface area contributed by atoms with Gasteiger partial charge in [0.1, 0.15) is 0 Å². The van der Waals surface area contributed by atoms with Crippen LogP contribution in [0, 0.1) is 0 Å². The highest BCUT2D eigenvalue weighted by molar-refractivity contribution is 7.07. The molecule has 0 saturated heterocycles. The van der Waals surface area contributed by atoms with Gasteiger partial charge in [-0.15, -0.1) is 0 Å². The minimum Gasteiger partial charge on any atom is -0.493 e. The molecular weight excluding hydrogens is 572 g/mol. The molecule has 2 aromatic carbocycles.